The molecule has 0 radical (unpaired) electrons. The third-order valence-corrected chi connectivity index (χ3v) is 8.77. The third kappa shape index (κ3) is 7.47. The number of benzene rings is 4. The standard InChI is InChI=1S/C37H45N5O2/c1-25-8-12-31(26(2)18-25)22-35(39)37(44)42-23-27(3)41(24-34(42)20-28-10-14-33(15-11-28)40-17-16-38)36(43)21-29-9-13-30-6-4-5-7-32(30)19-29/h4-15,18-19,27,34-35,40H,16-17,20-24,38-39H2,1-3H3/t27-,34+,35-/m1/s1. The summed E-state index contributed by atoms with van der Waals surface area (Å²) in [5, 5.41) is 5.59. The highest BCUT2D eigenvalue weighted by Crippen LogP contribution is 2.24. The molecule has 4 aromatic rings. The highest BCUT2D eigenvalue weighted by Gasteiger charge is 2.38. The number of nitrogens with one attached hydrogen (secondary N) is 1. The Hall–Kier alpha value is -4.20. The van der Waals surface area contributed by atoms with Gasteiger partial charge in [0.1, 0.15) is 0 Å². The lowest BCUT2D eigenvalue weighted by Crippen LogP contribution is -2.63. The molecule has 7 nitrogen and oxygen atoms in total. The molecule has 0 aromatic heterocycles. The molecule has 5 rings (SSSR count). The minimum atomic E-state index is -0.659. The number of hydrogen-bond acceptors (Lipinski definition) is 5. The van der Waals surface area contributed by atoms with Crippen molar-refractivity contribution in [2.45, 2.75) is 58.2 Å². The molecular formula is C37H45N5O2. The molecule has 2 amide bonds. The maximum atomic E-state index is 14.0. The van der Waals surface area contributed by atoms with E-state index in [2.05, 4.69) is 73.8 Å². The van der Waals surface area contributed by atoms with Gasteiger partial charge in [0.05, 0.1) is 18.5 Å². The lowest BCUT2D eigenvalue weighted by molar-refractivity contribution is -0.146. The summed E-state index contributed by atoms with van der Waals surface area (Å²) >= 11 is 0. The van der Waals surface area contributed by atoms with Crippen molar-refractivity contribution in [2.75, 3.05) is 31.5 Å². The second kappa shape index (κ2) is 14.1. The zero-order chi connectivity index (χ0) is 31.2. The van der Waals surface area contributed by atoms with E-state index in [1.165, 1.54) is 5.56 Å². The molecule has 44 heavy (non-hydrogen) atoms. The number of carbonyl (C=O) groups is 2. The number of carbonyl (C=O) groups excluding carboxylic acids is 2. The van der Waals surface area contributed by atoms with Crippen molar-refractivity contribution in [2.24, 2.45) is 11.5 Å². The van der Waals surface area contributed by atoms with Gasteiger partial charge >= 0.3 is 0 Å². The van der Waals surface area contributed by atoms with Gasteiger partial charge in [0.15, 0.2) is 0 Å². The van der Waals surface area contributed by atoms with Crippen molar-refractivity contribution >= 4 is 28.3 Å². The molecule has 5 N–H and O–H groups in total. The molecular weight excluding hydrogens is 546 g/mol. The quantitative estimate of drug-likeness (QED) is 0.250. The molecule has 0 aliphatic carbocycles. The van der Waals surface area contributed by atoms with Crippen molar-refractivity contribution in [1.82, 2.24) is 9.80 Å². The zero-order valence-electron chi connectivity index (χ0n) is 26.1. The van der Waals surface area contributed by atoms with Crippen LogP contribution in [0.25, 0.3) is 10.8 Å². The maximum absolute atomic E-state index is 14.0. The lowest BCUT2D eigenvalue weighted by atomic mass is 9.95. The van der Waals surface area contributed by atoms with Crippen LogP contribution in [0.1, 0.15) is 34.7 Å². The van der Waals surface area contributed by atoms with Crippen LogP contribution < -0.4 is 16.8 Å². The molecule has 1 heterocycles. The van der Waals surface area contributed by atoms with E-state index >= 15 is 0 Å². The summed E-state index contributed by atoms with van der Waals surface area (Å²) < 4.78 is 0. The largest absolute Gasteiger partial charge is 0.384 e. The van der Waals surface area contributed by atoms with Crippen molar-refractivity contribution in [3.8, 4) is 0 Å². The fraction of sp³-hybridized carbons (Fsp3) is 0.351. The molecule has 4 aromatic carbocycles. The Morgan fingerprint density at radius 2 is 1.61 bits per heavy atom. The first-order valence-electron chi connectivity index (χ1n) is 15.6. The van der Waals surface area contributed by atoms with Crippen LogP contribution in [0.2, 0.25) is 0 Å². The topological polar surface area (TPSA) is 105 Å². The lowest BCUT2D eigenvalue weighted by Gasteiger charge is -2.46. The van der Waals surface area contributed by atoms with Gasteiger partial charge in [-0.25, -0.2) is 0 Å². The first-order valence-corrected chi connectivity index (χ1v) is 15.6. The van der Waals surface area contributed by atoms with Crippen LogP contribution >= 0.6 is 0 Å². The minimum absolute atomic E-state index is 0.0651. The summed E-state index contributed by atoms with van der Waals surface area (Å²) in [5.74, 6) is 0.00970. The van der Waals surface area contributed by atoms with E-state index in [0.29, 0.717) is 45.4 Å². The van der Waals surface area contributed by atoms with Gasteiger partial charge in [0, 0.05) is 37.9 Å². The number of rotatable bonds is 10. The maximum Gasteiger partial charge on any atom is 0.240 e. The predicted molar refractivity (Wildman–Crippen MR) is 180 cm³/mol. The summed E-state index contributed by atoms with van der Waals surface area (Å²) in [6, 6.07) is 27.9. The van der Waals surface area contributed by atoms with E-state index in [1.54, 1.807) is 0 Å². The fourth-order valence-electron chi connectivity index (χ4n) is 6.31. The van der Waals surface area contributed by atoms with Crippen molar-refractivity contribution in [1.29, 1.82) is 0 Å². The number of piperazine rings is 1. The van der Waals surface area contributed by atoms with Crippen LogP contribution in [0.5, 0.6) is 0 Å². The van der Waals surface area contributed by atoms with Gasteiger partial charge in [-0.3, -0.25) is 9.59 Å². The van der Waals surface area contributed by atoms with Crippen molar-refractivity contribution in [3.05, 3.63) is 113 Å². The second-order valence-corrected chi connectivity index (χ2v) is 12.3. The number of amides is 2. The average Bonchev–Trinajstić information content (AvgIpc) is 3.02. The van der Waals surface area contributed by atoms with Crippen LogP contribution in [0.15, 0.2) is 84.9 Å². The zero-order valence-corrected chi connectivity index (χ0v) is 26.1. The molecule has 1 aliphatic heterocycles. The molecule has 0 spiro atoms. The average molecular weight is 592 g/mol. The van der Waals surface area contributed by atoms with Crippen LogP contribution in [-0.4, -0.2) is 65.9 Å². The molecule has 1 fully saturated rings. The van der Waals surface area contributed by atoms with E-state index in [4.69, 9.17) is 11.5 Å². The highest BCUT2D eigenvalue weighted by atomic mass is 16.2. The van der Waals surface area contributed by atoms with Gasteiger partial charge in [-0.15, -0.1) is 0 Å². The van der Waals surface area contributed by atoms with Crippen molar-refractivity contribution < 1.29 is 9.59 Å². The molecule has 230 valence electrons. The van der Waals surface area contributed by atoms with E-state index in [0.717, 1.165) is 38.7 Å². The van der Waals surface area contributed by atoms with E-state index in [-0.39, 0.29) is 23.9 Å². The molecule has 0 saturated carbocycles. The van der Waals surface area contributed by atoms with Gasteiger partial charge in [0.25, 0.3) is 0 Å². The summed E-state index contributed by atoms with van der Waals surface area (Å²) in [6.45, 7) is 8.33. The SMILES string of the molecule is Cc1ccc(C[C@@H](N)C(=O)N2C[C@@H](C)N(C(=O)Cc3ccc4ccccc4c3)C[C@@H]2Cc2ccc(NCCN)cc2)c(C)c1. The Balaban J connectivity index is 1.35. The molecule has 1 saturated heterocycles. The van der Waals surface area contributed by atoms with Crippen LogP contribution in [0, 0.1) is 13.8 Å². The van der Waals surface area contributed by atoms with E-state index in [1.807, 2.05) is 47.1 Å². The number of nitrogens with zero attached hydrogens (tertiary/aromatic N) is 2. The fourth-order valence-corrected chi connectivity index (χ4v) is 6.31. The summed E-state index contributed by atoms with van der Waals surface area (Å²) in [7, 11) is 0. The van der Waals surface area contributed by atoms with Crippen LogP contribution in [0.3, 0.4) is 0 Å². The van der Waals surface area contributed by atoms with Crippen LogP contribution in [0.4, 0.5) is 5.69 Å². The normalized spacial score (nSPS) is 17.5. The van der Waals surface area contributed by atoms with Gasteiger partial charge in [-0.2, -0.15) is 0 Å². The summed E-state index contributed by atoms with van der Waals surface area (Å²) in [4.78, 5) is 31.6. The number of hydrogen-bond donors (Lipinski definition) is 3. The monoisotopic (exact) mass is 591 g/mol. The molecule has 3 atom stereocenters. The summed E-state index contributed by atoms with van der Waals surface area (Å²) in [6.07, 6.45) is 1.43. The number of anilines is 1. The minimum Gasteiger partial charge on any atom is -0.384 e. The third-order valence-electron chi connectivity index (χ3n) is 8.77. The number of nitrogens with two attached hydrogens (primary N) is 2. The van der Waals surface area contributed by atoms with Gasteiger partial charge < -0.3 is 26.6 Å². The molecule has 0 unspecified atom stereocenters. The smallest absolute Gasteiger partial charge is 0.240 e. The predicted octanol–water partition coefficient (Wildman–Crippen LogP) is 4.61. The Morgan fingerprint density at radius 1 is 0.886 bits per heavy atom. The highest BCUT2D eigenvalue weighted by molar-refractivity contribution is 5.86. The van der Waals surface area contributed by atoms with Crippen LogP contribution in [-0.2, 0) is 28.9 Å². The Labute approximate surface area is 261 Å². The summed E-state index contributed by atoms with van der Waals surface area (Å²) in [5.41, 5.74) is 18.8. The Morgan fingerprint density at radius 3 is 2.34 bits per heavy atom. The van der Waals surface area contributed by atoms with Gasteiger partial charge in [0.2, 0.25) is 11.8 Å². The molecule has 1 aliphatic rings. The number of fused-ring (bicyclic) bond motifs is 1. The first kappa shape index (κ1) is 31.2. The van der Waals surface area contributed by atoms with Gasteiger partial charge in [-0.05, 0) is 78.8 Å². The van der Waals surface area contributed by atoms with E-state index in [9.17, 15) is 9.59 Å². The van der Waals surface area contributed by atoms with Gasteiger partial charge in [-0.1, -0.05) is 78.4 Å². The molecule has 7 heteroatoms. The van der Waals surface area contributed by atoms with E-state index < -0.39 is 6.04 Å². The second-order valence-electron chi connectivity index (χ2n) is 12.3. The number of aryl methyl sites for hydroxylation is 2. The first-order chi connectivity index (χ1) is 21.2. The Bertz CT molecular complexity index is 1600. The molecule has 0 bridgehead atoms. The Kier molecular flexibility index (Phi) is 9.98. The van der Waals surface area contributed by atoms with Crippen molar-refractivity contribution in [3.63, 3.8) is 0 Å².